The molecule has 0 bridgehead atoms. The summed E-state index contributed by atoms with van der Waals surface area (Å²) in [6.45, 7) is 6.31. The van der Waals surface area contributed by atoms with E-state index in [2.05, 4.69) is 36.3 Å². The molecule has 19 heavy (non-hydrogen) atoms. The molecule has 0 fully saturated rings. The van der Waals surface area contributed by atoms with Gasteiger partial charge in [-0.15, -0.1) is 5.10 Å². The largest absolute Gasteiger partial charge is 0.396 e. The van der Waals surface area contributed by atoms with Crippen LogP contribution in [0.25, 0.3) is 11.4 Å². The lowest BCUT2D eigenvalue weighted by Crippen LogP contribution is -2.17. The average molecular weight is 263 g/mol. The molecule has 1 aromatic carbocycles. The first kappa shape index (κ1) is 13.5. The topological polar surface area (TPSA) is 69.6 Å². The Morgan fingerprint density at radius 1 is 1.37 bits per heavy atom. The van der Waals surface area contributed by atoms with Crippen molar-refractivity contribution in [3.8, 4) is 11.4 Å². The van der Waals surface area contributed by atoms with Crippen molar-refractivity contribution in [2.75, 3.05) is 5.73 Å². The Hall–Kier alpha value is -1.98. The number of anilines is 1. The second-order valence-corrected chi connectivity index (χ2v) is 4.90. The summed E-state index contributed by atoms with van der Waals surface area (Å²) in [5.74, 6) is 0.509. The van der Waals surface area contributed by atoms with E-state index in [0.717, 1.165) is 6.42 Å². The average Bonchev–Trinajstić information content (AvgIpc) is 2.82. The van der Waals surface area contributed by atoms with Gasteiger partial charge in [-0.2, -0.15) is 0 Å². The van der Waals surface area contributed by atoms with E-state index in [4.69, 9.17) is 5.73 Å². The van der Waals surface area contributed by atoms with Gasteiger partial charge < -0.3 is 5.73 Å². The molecule has 102 valence electrons. The summed E-state index contributed by atoms with van der Waals surface area (Å²) in [7, 11) is 0. The molecule has 0 saturated heterocycles. The number of nitrogens with two attached hydrogens (primary N) is 1. The molecule has 1 aromatic heterocycles. The monoisotopic (exact) mass is 263 g/mol. The summed E-state index contributed by atoms with van der Waals surface area (Å²) in [4.78, 5) is 0. The van der Waals surface area contributed by atoms with Crippen molar-refractivity contribution in [3.05, 3.63) is 24.0 Å². The molecular formula is C13H18FN5. The van der Waals surface area contributed by atoms with Crippen molar-refractivity contribution in [1.29, 1.82) is 0 Å². The zero-order chi connectivity index (χ0) is 14.0. The molecule has 1 heterocycles. The van der Waals surface area contributed by atoms with Gasteiger partial charge in [0.15, 0.2) is 5.82 Å². The fourth-order valence-corrected chi connectivity index (χ4v) is 2.20. The van der Waals surface area contributed by atoms with Gasteiger partial charge in [0, 0.05) is 5.56 Å². The van der Waals surface area contributed by atoms with Crippen LogP contribution in [0, 0.1) is 11.7 Å². The van der Waals surface area contributed by atoms with Crippen LogP contribution in [0.5, 0.6) is 0 Å². The lowest BCUT2D eigenvalue weighted by Gasteiger charge is -2.20. The van der Waals surface area contributed by atoms with Crippen LogP contribution in [0.4, 0.5) is 10.1 Å². The predicted molar refractivity (Wildman–Crippen MR) is 71.8 cm³/mol. The third kappa shape index (κ3) is 2.57. The normalized spacial score (nSPS) is 12.9. The third-order valence-corrected chi connectivity index (χ3v) is 3.25. The molecule has 0 saturated carbocycles. The third-order valence-electron chi connectivity index (χ3n) is 3.25. The van der Waals surface area contributed by atoms with Gasteiger partial charge in [-0.05, 0) is 41.0 Å². The van der Waals surface area contributed by atoms with E-state index in [1.54, 1.807) is 10.7 Å². The van der Waals surface area contributed by atoms with Crippen LogP contribution in [-0.2, 0) is 0 Å². The number of aromatic nitrogens is 4. The van der Waals surface area contributed by atoms with Crippen molar-refractivity contribution in [2.24, 2.45) is 5.92 Å². The van der Waals surface area contributed by atoms with Gasteiger partial charge >= 0.3 is 0 Å². The lowest BCUT2D eigenvalue weighted by atomic mass is 10.0. The van der Waals surface area contributed by atoms with E-state index in [0.29, 0.717) is 17.3 Å². The Balaban J connectivity index is 2.46. The fraction of sp³-hybridized carbons (Fsp3) is 0.462. The molecule has 2 rings (SSSR count). The highest BCUT2D eigenvalue weighted by Crippen LogP contribution is 2.27. The van der Waals surface area contributed by atoms with Crippen LogP contribution in [0.1, 0.15) is 33.2 Å². The van der Waals surface area contributed by atoms with Crippen LogP contribution in [0.2, 0.25) is 0 Å². The van der Waals surface area contributed by atoms with Gasteiger partial charge in [0.05, 0.1) is 11.7 Å². The van der Waals surface area contributed by atoms with E-state index >= 15 is 0 Å². The van der Waals surface area contributed by atoms with Crippen LogP contribution >= 0.6 is 0 Å². The summed E-state index contributed by atoms with van der Waals surface area (Å²) in [6.07, 6.45) is 0.910. The van der Waals surface area contributed by atoms with E-state index in [1.165, 1.54) is 12.1 Å². The summed E-state index contributed by atoms with van der Waals surface area (Å²) >= 11 is 0. The van der Waals surface area contributed by atoms with Crippen molar-refractivity contribution in [3.63, 3.8) is 0 Å². The molecule has 5 nitrogen and oxygen atoms in total. The van der Waals surface area contributed by atoms with E-state index in [1.807, 2.05) is 0 Å². The Morgan fingerprint density at radius 2 is 2.11 bits per heavy atom. The van der Waals surface area contributed by atoms with E-state index in [-0.39, 0.29) is 11.7 Å². The molecule has 0 aliphatic rings. The second-order valence-electron chi connectivity index (χ2n) is 4.90. The highest BCUT2D eigenvalue weighted by atomic mass is 19.1. The summed E-state index contributed by atoms with van der Waals surface area (Å²) in [5.41, 5.74) is 6.24. The van der Waals surface area contributed by atoms with Crippen molar-refractivity contribution < 1.29 is 4.39 Å². The van der Waals surface area contributed by atoms with Crippen LogP contribution in [0.3, 0.4) is 0 Å². The first-order chi connectivity index (χ1) is 9.04. The molecule has 2 N–H and O–H groups in total. The fourth-order valence-electron chi connectivity index (χ4n) is 2.20. The number of tetrazole rings is 1. The summed E-state index contributed by atoms with van der Waals surface area (Å²) < 4.78 is 15.3. The Bertz CT molecular complexity index is 564. The lowest BCUT2D eigenvalue weighted by molar-refractivity contribution is 0.333. The molecular weight excluding hydrogens is 245 g/mol. The van der Waals surface area contributed by atoms with Gasteiger partial charge in [0.2, 0.25) is 0 Å². The molecule has 0 amide bonds. The highest BCUT2D eigenvalue weighted by Gasteiger charge is 2.20. The number of halogens is 1. The molecule has 1 unspecified atom stereocenters. The van der Waals surface area contributed by atoms with Gasteiger partial charge in [-0.25, -0.2) is 9.07 Å². The minimum Gasteiger partial charge on any atom is -0.396 e. The summed E-state index contributed by atoms with van der Waals surface area (Å²) in [5, 5.41) is 11.8. The van der Waals surface area contributed by atoms with E-state index in [9.17, 15) is 4.39 Å². The van der Waals surface area contributed by atoms with Crippen LogP contribution < -0.4 is 5.73 Å². The van der Waals surface area contributed by atoms with E-state index < -0.39 is 5.82 Å². The highest BCUT2D eigenvalue weighted by molar-refractivity contribution is 5.59. The zero-order valence-electron chi connectivity index (χ0n) is 11.3. The molecule has 0 spiro atoms. The number of hydrogen-bond donors (Lipinski definition) is 1. The Morgan fingerprint density at radius 3 is 2.68 bits per heavy atom. The number of hydrogen-bond acceptors (Lipinski definition) is 4. The Kier molecular flexibility index (Phi) is 3.78. The van der Waals surface area contributed by atoms with Crippen molar-refractivity contribution in [2.45, 2.75) is 33.2 Å². The van der Waals surface area contributed by atoms with Gasteiger partial charge in [0.25, 0.3) is 0 Å². The molecule has 6 heteroatoms. The molecule has 1 atom stereocenters. The first-order valence-corrected chi connectivity index (χ1v) is 6.37. The maximum Gasteiger partial charge on any atom is 0.182 e. The van der Waals surface area contributed by atoms with Gasteiger partial charge in [-0.1, -0.05) is 20.8 Å². The molecule has 2 aromatic rings. The number of rotatable bonds is 4. The number of benzene rings is 1. The molecule has 0 aliphatic carbocycles. The maximum atomic E-state index is 13.5. The minimum absolute atomic E-state index is 0.124. The zero-order valence-corrected chi connectivity index (χ0v) is 11.3. The minimum atomic E-state index is -0.454. The smallest absolute Gasteiger partial charge is 0.182 e. The molecule has 0 radical (unpaired) electrons. The van der Waals surface area contributed by atoms with Gasteiger partial charge in [0.1, 0.15) is 5.82 Å². The van der Waals surface area contributed by atoms with Gasteiger partial charge in [-0.3, -0.25) is 0 Å². The van der Waals surface area contributed by atoms with Crippen LogP contribution in [-0.4, -0.2) is 20.2 Å². The summed E-state index contributed by atoms with van der Waals surface area (Å²) in [6, 6.07) is 4.81. The maximum absolute atomic E-state index is 13.5. The standard InChI is InChI=1S/C13H18FN5/c1-4-12(8(2)3)19-13(16-17-18-19)9-5-6-11(15)10(14)7-9/h5-8,12H,4,15H2,1-3H3. The number of nitrogen functional groups attached to an aromatic ring is 1. The first-order valence-electron chi connectivity index (χ1n) is 6.37. The van der Waals surface area contributed by atoms with Crippen molar-refractivity contribution in [1.82, 2.24) is 20.2 Å². The SMILES string of the molecule is CCC(C(C)C)n1nnnc1-c1ccc(N)c(F)c1. The quantitative estimate of drug-likeness (QED) is 0.861. The number of nitrogens with zero attached hydrogens (tertiary/aromatic N) is 4. The Labute approximate surface area is 111 Å². The second kappa shape index (κ2) is 5.34. The van der Waals surface area contributed by atoms with Crippen molar-refractivity contribution >= 4 is 5.69 Å². The predicted octanol–water partition coefficient (Wildman–Crippen LogP) is 2.67. The van der Waals surface area contributed by atoms with Crippen LogP contribution in [0.15, 0.2) is 18.2 Å². The molecule has 0 aliphatic heterocycles.